The molecule has 4 heterocycles. The molecule has 1 unspecified atom stereocenters. The Labute approximate surface area is 250 Å². The molecule has 2 amide bonds. The van der Waals surface area contributed by atoms with Crippen LogP contribution in [-0.4, -0.2) is 73.5 Å². The molecule has 4 N–H and O–H groups in total. The Kier molecular flexibility index (Phi) is 8.40. The zero-order valence-corrected chi connectivity index (χ0v) is 24.7. The van der Waals surface area contributed by atoms with E-state index in [0.717, 1.165) is 20.6 Å². The van der Waals surface area contributed by atoms with Crippen LogP contribution in [0, 0.1) is 0 Å². The van der Waals surface area contributed by atoms with Gasteiger partial charge < -0.3 is 30.9 Å². The molecule has 1 aliphatic carbocycles. The van der Waals surface area contributed by atoms with Gasteiger partial charge in [-0.15, -0.1) is 23.1 Å². The first-order chi connectivity index (χ1) is 19.6. The second-order valence-corrected chi connectivity index (χ2v) is 13.1. The second-order valence-electron chi connectivity index (χ2n) is 9.21. The van der Waals surface area contributed by atoms with Crippen molar-refractivity contribution in [2.75, 3.05) is 17.7 Å². The molecule has 2 fully saturated rings. The number of oxime groups is 1. The van der Waals surface area contributed by atoms with Crippen molar-refractivity contribution in [2.24, 2.45) is 5.16 Å². The highest BCUT2D eigenvalue weighted by atomic mass is 32.2. The Morgan fingerprint density at radius 3 is 2.80 bits per heavy atom. The predicted molar refractivity (Wildman–Crippen MR) is 151 cm³/mol. The minimum absolute atomic E-state index is 0.0562. The van der Waals surface area contributed by atoms with Gasteiger partial charge in [-0.3, -0.25) is 14.5 Å². The Morgan fingerprint density at radius 1 is 1.41 bits per heavy atom. The van der Waals surface area contributed by atoms with Gasteiger partial charge in [-0.25, -0.2) is 9.78 Å². The molecule has 0 bridgehead atoms. The number of allylic oxidation sites excluding steroid dienone is 2. The molecule has 17 heteroatoms. The number of carbonyl (C=O) groups excluding carboxylic acids is 3. The number of nitrogens with one attached hydrogen (secondary N) is 1. The third kappa shape index (κ3) is 5.58. The number of anilines is 1. The second kappa shape index (κ2) is 11.8. The summed E-state index contributed by atoms with van der Waals surface area (Å²) in [6.45, 7) is 0.526. The number of carboxylic acid groups (broad SMARTS) is 2. The third-order valence-corrected chi connectivity index (χ3v) is 10.8. The zero-order chi connectivity index (χ0) is 29.3. The number of carboxylic acids is 2. The van der Waals surface area contributed by atoms with Gasteiger partial charge in [0.05, 0.1) is 17.0 Å². The minimum atomic E-state index is -1.54. The monoisotopic (exact) mass is 636 g/mol. The number of fused-ring (bicyclic) bond motifs is 1. The normalized spacial score (nSPS) is 21.7. The molecule has 41 heavy (non-hydrogen) atoms. The number of nitrogens with two attached hydrogens (primary N) is 1. The van der Waals surface area contributed by atoms with Crippen LogP contribution < -0.4 is 20.7 Å². The number of β-lactam (4-membered cyclic amide) rings is 1. The number of aromatic nitrogens is 2. The fourth-order valence-electron chi connectivity index (χ4n) is 4.45. The maximum Gasteiger partial charge on any atom is 0.350 e. The summed E-state index contributed by atoms with van der Waals surface area (Å²) < 4.78 is 3.12. The number of carbonyl (C=O) groups is 4. The van der Waals surface area contributed by atoms with E-state index in [1.165, 1.54) is 17.1 Å². The molecular weight excluding hydrogens is 613 g/mol. The van der Waals surface area contributed by atoms with E-state index >= 15 is 0 Å². The smallest absolute Gasteiger partial charge is 0.350 e. The average molecular weight is 637 g/mol. The van der Waals surface area contributed by atoms with Crippen LogP contribution in [0.2, 0.25) is 0 Å². The molecule has 2 aliphatic heterocycles. The number of aliphatic carboxylic acids is 2. The van der Waals surface area contributed by atoms with Crippen LogP contribution in [0.25, 0.3) is 0 Å². The molecular formula is C24H24N6O7S4. The average Bonchev–Trinajstić information content (AvgIpc) is 3.56. The first kappa shape index (κ1) is 29.1. The Bertz CT molecular complexity index is 1490. The summed E-state index contributed by atoms with van der Waals surface area (Å²) >= 11 is 5.55. The highest BCUT2D eigenvalue weighted by Gasteiger charge is 2.53. The first-order valence-electron chi connectivity index (χ1n) is 12.2. The van der Waals surface area contributed by atoms with Crippen LogP contribution in [0.4, 0.5) is 5.13 Å². The van der Waals surface area contributed by atoms with Gasteiger partial charge in [-0.2, -0.15) is 4.57 Å². The molecule has 1 saturated heterocycles. The van der Waals surface area contributed by atoms with Crippen LogP contribution in [0.1, 0.15) is 25.0 Å². The van der Waals surface area contributed by atoms with Crippen molar-refractivity contribution < 1.29 is 38.8 Å². The Balaban J connectivity index is 1.32. The fraction of sp³-hybridized carbons (Fsp3) is 0.375. The predicted octanol–water partition coefficient (Wildman–Crippen LogP) is 0.185. The van der Waals surface area contributed by atoms with Crippen LogP contribution >= 0.6 is 46.2 Å². The highest BCUT2D eigenvalue weighted by molar-refractivity contribution is 8.00. The lowest BCUT2D eigenvalue weighted by Crippen LogP contribution is -2.71. The summed E-state index contributed by atoms with van der Waals surface area (Å²) in [6, 6.07) is -1.06. The lowest BCUT2D eigenvalue weighted by molar-refractivity contribution is -0.716. The number of thioether (sulfide) groups is 2. The van der Waals surface area contributed by atoms with Crippen LogP contribution in [0.3, 0.4) is 0 Å². The van der Waals surface area contributed by atoms with E-state index in [9.17, 15) is 29.4 Å². The van der Waals surface area contributed by atoms with E-state index in [0.29, 0.717) is 18.5 Å². The molecule has 13 nitrogen and oxygen atoms in total. The maximum atomic E-state index is 13.3. The molecule has 2 aromatic heterocycles. The summed E-state index contributed by atoms with van der Waals surface area (Å²) in [6.07, 6.45) is 8.50. The summed E-state index contributed by atoms with van der Waals surface area (Å²) in [4.78, 5) is 60.7. The molecule has 216 valence electrons. The number of thiazole rings is 2. The van der Waals surface area contributed by atoms with Gasteiger partial charge in [0.1, 0.15) is 17.1 Å². The summed E-state index contributed by atoms with van der Waals surface area (Å²) in [5.41, 5.74) is 4.09. The van der Waals surface area contributed by atoms with Gasteiger partial charge >= 0.3 is 5.97 Å². The standard InChI is InChI=1S/C24H24N6O7S4/c1-38-23-29(8-9-39-23)7-2-4-12-10-40-19-15(18(32)30(19)16(12)20(33)34)27-17(31)14(13-11-41-22(25)26-13)28-37-24(21(35)36)5-3-6-24/h2,4,8-9,11,15,19H,3,5-7,10H2,1H3,(H4-,25,26,27,31,33,34,35,36)/b4-2?,28-14-/t15?,19-/m1/s1. The molecule has 5 rings (SSSR count). The lowest BCUT2D eigenvalue weighted by Gasteiger charge is -2.50. The number of rotatable bonds is 11. The van der Waals surface area contributed by atoms with E-state index in [4.69, 9.17) is 10.6 Å². The van der Waals surface area contributed by atoms with Crippen LogP contribution in [0.5, 0.6) is 0 Å². The number of nitrogens with zero attached hydrogens (tertiary/aromatic N) is 4. The van der Waals surface area contributed by atoms with Gasteiger partial charge in [0.2, 0.25) is 5.60 Å². The van der Waals surface area contributed by atoms with Crippen molar-refractivity contribution in [1.82, 2.24) is 15.2 Å². The van der Waals surface area contributed by atoms with Crippen molar-refractivity contribution >= 4 is 80.8 Å². The largest absolute Gasteiger partial charge is 0.543 e. The molecule has 1 saturated carbocycles. The highest BCUT2D eigenvalue weighted by Crippen LogP contribution is 2.40. The van der Waals surface area contributed by atoms with Gasteiger partial charge in [0, 0.05) is 24.0 Å². The van der Waals surface area contributed by atoms with E-state index in [1.807, 2.05) is 28.5 Å². The number of amides is 2. The molecule has 0 radical (unpaired) electrons. The lowest BCUT2D eigenvalue weighted by atomic mass is 9.80. The third-order valence-electron chi connectivity index (χ3n) is 6.76. The summed E-state index contributed by atoms with van der Waals surface area (Å²) in [7, 11) is 0. The van der Waals surface area contributed by atoms with Gasteiger partial charge in [0.25, 0.3) is 16.2 Å². The number of hydrogen-bond donors (Lipinski definition) is 3. The van der Waals surface area contributed by atoms with E-state index < -0.39 is 40.8 Å². The van der Waals surface area contributed by atoms with Crippen molar-refractivity contribution in [3.05, 3.63) is 46.1 Å². The maximum absolute atomic E-state index is 13.3. The Morgan fingerprint density at radius 2 is 2.20 bits per heavy atom. The molecule has 0 spiro atoms. The summed E-state index contributed by atoms with van der Waals surface area (Å²) in [5, 5.41) is 30.9. The fourth-order valence-corrected chi connectivity index (χ4v) is 7.83. The van der Waals surface area contributed by atoms with Crippen molar-refractivity contribution in [3.8, 4) is 0 Å². The topological polar surface area (TPSA) is 191 Å². The van der Waals surface area contributed by atoms with E-state index in [-0.39, 0.29) is 40.8 Å². The molecule has 3 aliphatic rings. The minimum Gasteiger partial charge on any atom is -0.543 e. The first-order valence-corrected chi connectivity index (χ1v) is 16.3. The van der Waals surface area contributed by atoms with Crippen molar-refractivity contribution in [3.63, 3.8) is 0 Å². The van der Waals surface area contributed by atoms with Gasteiger partial charge in [0.15, 0.2) is 23.6 Å². The van der Waals surface area contributed by atoms with E-state index in [1.54, 1.807) is 29.2 Å². The van der Waals surface area contributed by atoms with Crippen LogP contribution in [0.15, 0.2) is 49.9 Å². The summed E-state index contributed by atoms with van der Waals surface area (Å²) in [5.74, 6) is -3.88. The Hall–Kier alpha value is -3.41. The van der Waals surface area contributed by atoms with Crippen molar-refractivity contribution in [1.29, 1.82) is 0 Å². The number of hydrogen-bond acceptors (Lipinski definition) is 13. The van der Waals surface area contributed by atoms with Gasteiger partial charge in [-0.05, 0) is 36.1 Å². The molecule has 0 aromatic carbocycles. The molecule has 2 aromatic rings. The zero-order valence-electron chi connectivity index (χ0n) is 21.5. The number of nitrogen functional groups attached to an aromatic ring is 1. The molecule has 2 atom stereocenters. The van der Waals surface area contributed by atoms with E-state index in [2.05, 4.69) is 15.5 Å². The van der Waals surface area contributed by atoms with Crippen molar-refractivity contribution in [2.45, 2.75) is 47.2 Å². The van der Waals surface area contributed by atoms with Crippen LogP contribution in [-0.2, 0) is 30.6 Å². The SMILES string of the molecule is CSc1scc[n+]1CC=CC1=C(C(=O)[O-])N2C(=O)C(NC(=O)/C(=N\OC3(C(=O)O)CCC3)c3csc(N)n3)[C@H]2SC1. The van der Waals surface area contributed by atoms with Gasteiger partial charge in [-0.1, -0.05) is 22.6 Å². The quantitative estimate of drug-likeness (QED) is 0.100.